The van der Waals surface area contributed by atoms with Crippen molar-refractivity contribution in [2.75, 3.05) is 25.4 Å². The molecule has 2 rings (SSSR count). The average Bonchev–Trinajstić information content (AvgIpc) is 2.74. The van der Waals surface area contributed by atoms with E-state index in [1.807, 2.05) is 11.8 Å². The highest BCUT2D eigenvalue weighted by Crippen LogP contribution is 2.39. The van der Waals surface area contributed by atoms with Crippen LogP contribution in [0.1, 0.15) is 24.8 Å². The van der Waals surface area contributed by atoms with Crippen LogP contribution < -0.4 is 0 Å². The van der Waals surface area contributed by atoms with Crippen LogP contribution in [0.25, 0.3) is 0 Å². The molecule has 0 fully saturated rings. The van der Waals surface area contributed by atoms with Crippen LogP contribution in [0.2, 0.25) is 0 Å². The molecule has 0 radical (unpaired) electrons. The molecule has 0 aliphatic carbocycles. The number of nitrogens with zero attached hydrogens (tertiary/aromatic N) is 2. The molecule has 3 heteroatoms. The number of nitriles is 1. The van der Waals surface area contributed by atoms with Gasteiger partial charge in [-0.3, -0.25) is 4.90 Å². The second-order valence-electron chi connectivity index (χ2n) is 4.44. The van der Waals surface area contributed by atoms with Crippen molar-refractivity contribution in [3.63, 3.8) is 0 Å². The lowest BCUT2D eigenvalue weighted by molar-refractivity contribution is 0.292. The number of rotatable bonds is 5. The summed E-state index contributed by atoms with van der Waals surface area (Å²) < 4.78 is 0. The molecule has 0 amide bonds. The van der Waals surface area contributed by atoms with Crippen LogP contribution in [-0.2, 0) is 0 Å². The van der Waals surface area contributed by atoms with Gasteiger partial charge >= 0.3 is 0 Å². The van der Waals surface area contributed by atoms with Crippen LogP contribution in [0, 0.1) is 11.3 Å². The van der Waals surface area contributed by atoms with Crippen molar-refractivity contribution in [1.29, 1.82) is 5.26 Å². The maximum atomic E-state index is 8.84. The van der Waals surface area contributed by atoms with E-state index in [0.717, 1.165) is 25.3 Å². The van der Waals surface area contributed by atoms with Gasteiger partial charge < -0.3 is 0 Å². The van der Waals surface area contributed by atoms with Crippen LogP contribution in [0.4, 0.5) is 0 Å². The van der Waals surface area contributed by atoms with Gasteiger partial charge in [0, 0.05) is 23.1 Å². The predicted octanol–water partition coefficient (Wildman–Crippen LogP) is 3.11. The lowest BCUT2D eigenvalue weighted by Gasteiger charge is -2.22. The summed E-state index contributed by atoms with van der Waals surface area (Å²) in [7, 11) is 0. The average molecular weight is 246 g/mol. The van der Waals surface area contributed by atoms with E-state index in [1.54, 1.807) is 0 Å². The molecule has 1 aromatic carbocycles. The molecule has 90 valence electrons. The second kappa shape index (κ2) is 6.09. The van der Waals surface area contributed by atoms with Gasteiger partial charge in [-0.15, -0.1) is 11.8 Å². The lowest BCUT2D eigenvalue weighted by atomic mass is 10.0. The molecule has 0 bridgehead atoms. The molecule has 0 aromatic heterocycles. The summed E-state index contributed by atoms with van der Waals surface area (Å²) in [4.78, 5) is 3.69. The molecule has 17 heavy (non-hydrogen) atoms. The zero-order valence-corrected chi connectivity index (χ0v) is 11.0. The smallest absolute Gasteiger partial charge is 0.0866 e. The molecule has 2 nitrogen and oxygen atoms in total. The van der Waals surface area contributed by atoms with E-state index in [4.69, 9.17) is 5.26 Å². The molecule has 1 aromatic rings. The zero-order chi connectivity index (χ0) is 12.1. The van der Waals surface area contributed by atoms with Crippen molar-refractivity contribution in [2.24, 2.45) is 0 Å². The third-order valence-corrected chi connectivity index (χ3v) is 4.36. The van der Waals surface area contributed by atoms with E-state index in [9.17, 15) is 0 Å². The Bertz CT molecular complexity index is 411. The summed E-state index contributed by atoms with van der Waals surface area (Å²) in [6.45, 7) is 4.77. The van der Waals surface area contributed by atoms with Crippen LogP contribution in [0.5, 0.6) is 0 Å². The van der Waals surface area contributed by atoms with Crippen molar-refractivity contribution < 1.29 is 0 Å². The fourth-order valence-electron chi connectivity index (χ4n) is 2.34. The van der Waals surface area contributed by atoms with Crippen molar-refractivity contribution in [3.05, 3.63) is 29.8 Å². The molecule has 1 atom stereocenters. The second-order valence-corrected chi connectivity index (χ2v) is 5.50. The third-order valence-electron chi connectivity index (χ3n) is 3.11. The SMILES string of the molecule is CCCN(CC#N)CC1CSc2ccccc21. The first-order valence-electron chi connectivity index (χ1n) is 6.16. The van der Waals surface area contributed by atoms with E-state index >= 15 is 0 Å². The van der Waals surface area contributed by atoms with Gasteiger partial charge in [-0.25, -0.2) is 0 Å². The molecule has 0 spiro atoms. The van der Waals surface area contributed by atoms with Gasteiger partial charge in [0.15, 0.2) is 0 Å². The number of fused-ring (bicyclic) bond motifs is 1. The zero-order valence-electron chi connectivity index (χ0n) is 10.2. The first kappa shape index (κ1) is 12.5. The Morgan fingerprint density at radius 2 is 2.29 bits per heavy atom. The number of hydrogen-bond acceptors (Lipinski definition) is 3. The van der Waals surface area contributed by atoms with Crippen LogP contribution >= 0.6 is 11.8 Å². The van der Waals surface area contributed by atoms with Gasteiger partial charge in [-0.2, -0.15) is 5.26 Å². The summed E-state index contributed by atoms with van der Waals surface area (Å²) >= 11 is 1.94. The highest BCUT2D eigenvalue weighted by Gasteiger charge is 2.24. The topological polar surface area (TPSA) is 27.0 Å². The summed E-state index contributed by atoms with van der Waals surface area (Å²) in [6, 6.07) is 10.9. The first-order chi connectivity index (χ1) is 8.35. The minimum Gasteiger partial charge on any atom is -0.290 e. The Labute approximate surface area is 108 Å². The maximum absolute atomic E-state index is 8.84. The van der Waals surface area contributed by atoms with Gasteiger partial charge in [-0.05, 0) is 24.6 Å². The largest absolute Gasteiger partial charge is 0.290 e. The standard InChI is InChI=1S/C14H18N2S/c1-2-8-16(9-7-15)10-12-11-17-14-6-4-3-5-13(12)14/h3-6,12H,2,8-11H2,1H3. The molecular weight excluding hydrogens is 228 g/mol. The number of hydrogen-bond donors (Lipinski definition) is 0. The van der Waals surface area contributed by atoms with Crippen molar-refractivity contribution in [3.8, 4) is 6.07 Å². The van der Waals surface area contributed by atoms with E-state index < -0.39 is 0 Å². The van der Waals surface area contributed by atoms with Gasteiger partial charge in [0.1, 0.15) is 0 Å². The maximum Gasteiger partial charge on any atom is 0.0866 e. The molecule has 0 N–H and O–H groups in total. The van der Waals surface area contributed by atoms with Crippen molar-refractivity contribution >= 4 is 11.8 Å². The monoisotopic (exact) mass is 246 g/mol. The van der Waals surface area contributed by atoms with E-state index in [0.29, 0.717) is 12.5 Å². The van der Waals surface area contributed by atoms with Crippen molar-refractivity contribution in [2.45, 2.75) is 24.2 Å². The van der Waals surface area contributed by atoms with Gasteiger partial charge in [-0.1, -0.05) is 25.1 Å². The Hall–Kier alpha value is -0.980. The van der Waals surface area contributed by atoms with Crippen molar-refractivity contribution in [1.82, 2.24) is 4.90 Å². The quantitative estimate of drug-likeness (QED) is 0.747. The van der Waals surface area contributed by atoms with Crippen LogP contribution in [0.3, 0.4) is 0 Å². The molecule has 1 aliphatic rings. The fraction of sp³-hybridized carbons (Fsp3) is 0.500. The van der Waals surface area contributed by atoms with Gasteiger partial charge in [0.2, 0.25) is 0 Å². The van der Waals surface area contributed by atoms with E-state index in [1.165, 1.54) is 10.5 Å². The molecule has 0 saturated carbocycles. The van der Waals surface area contributed by atoms with Crippen LogP contribution in [0.15, 0.2) is 29.2 Å². The van der Waals surface area contributed by atoms with Crippen LogP contribution in [-0.4, -0.2) is 30.3 Å². The summed E-state index contributed by atoms with van der Waals surface area (Å²) in [6.07, 6.45) is 1.11. The predicted molar refractivity (Wildman–Crippen MR) is 72.3 cm³/mol. The Balaban J connectivity index is 2.02. The van der Waals surface area contributed by atoms with Gasteiger partial charge in [0.05, 0.1) is 12.6 Å². The van der Waals surface area contributed by atoms with Gasteiger partial charge in [0.25, 0.3) is 0 Å². The fourth-order valence-corrected chi connectivity index (χ4v) is 3.59. The Kier molecular flexibility index (Phi) is 4.47. The molecular formula is C14H18N2S. The summed E-state index contributed by atoms with van der Waals surface area (Å²) in [5, 5.41) is 8.84. The minimum atomic E-state index is 0.553. The summed E-state index contributed by atoms with van der Waals surface area (Å²) in [5.74, 6) is 1.75. The normalized spacial score (nSPS) is 18.1. The minimum absolute atomic E-state index is 0.553. The Morgan fingerprint density at radius 1 is 1.47 bits per heavy atom. The molecule has 1 unspecified atom stereocenters. The highest BCUT2D eigenvalue weighted by molar-refractivity contribution is 7.99. The van der Waals surface area contributed by atoms with E-state index in [-0.39, 0.29) is 0 Å². The third kappa shape index (κ3) is 3.02. The molecule has 1 heterocycles. The number of thioether (sulfide) groups is 1. The first-order valence-corrected chi connectivity index (χ1v) is 7.14. The highest BCUT2D eigenvalue weighted by atomic mass is 32.2. The summed E-state index contributed by atoms with van der Waals surface area (Å²) in [5.41, 5.74) is 1.47. The van der Waals surface area contributed by atoms with E-state index in [2.05, 4.69) is 42.2 Å². The Morgan fingerprint density at radius 3 is 3.06 bits per heavy atom. The molecule has 0 saturated heterocycles. The lowest BCUT2D eigenvalue weighted by Crippen LogP contribution is -2.30. The molecule has 1 aliphatic heterocycles. The number of benzene rings is 1.